The molecule has 3 heterocycles. The summed E-state index contributed by atoms with van der Waals surface area (Å²) in [5.74, 6) is 0.329. The zero-order valence-electron chi connectivity index (χ0n) is 17.1. The van der Waals surface area contributed by atoms with Gasteiger partial charge in [0.25, 0.3) is 0 Å². The first kappa shape index (κ1) is 22.3. The van der Waals surface area contributed by atoms with E-state index in [-0.39, 0.29) is 17.9 Å². The van der Waals surface area contributed by atoms with Crippen molar-refractivity contribution < 1.29 is 14.8 Å². The van der Waals surface area contributed by atoms with E-state index in [0.29, 0.717) is 23.1 Å². The maximum absolute atomic E-state index is 13.1. The summed E-state index contributed by atoms with van der Waals surface area (Å²) in [6.45, 7) is 2.52. The zero-order chi connectivity index (χ0) is 22.0. The molecule has 8 nitrogen and oxygen atoms in total. The van der Waals surface area contributed by atoms with Crippen LogP contribution in [0.4, 0.5) is 15.6 Å². The average molecular weight is 482 g/mol. The molecule has 2 aliphatic rings. The molecule has 1 saturated heterocycles. The number of aromatic nitrogens is 1. The molecule has 1 aromatic heterocycles. The molecular weight excluding hydrogens is 458 g/mol. The van der Waals surface area contributed by atoms with E-state index in [0.717, 1.165) is 40.7 Å². The number of urea groups is 1. The number of thiazole rings is 1. The van der Waals surface area contributed by atoms with Crippen molar-refractivity contribution in [2.75, 3.05) is 42.7 Å². The van der Waals surface area contributed by atoms with Crippen LogP contribution in [-0.4, -0.2) is 59.5 Å². The highest BCUT2D eigenvalue weighted by molar-refractivity contribution is 8.01. The lowest BCUT2D eigenvalue weighted by molar-refractivity contribution is -0.129. The number of hydrogen-bond acceptors (Lipinski definition) is 7. The Kier molecular flexibility index (Phi) is 6.73. The molecule has 0 radical (unpaired) electrons. The third kappa shape index (κ3) is 4.83. The Morgan fingerprint density at radius 3 is 2.97 bits per heavy atom. The summed E-state index contributed by atoms with van der Waals surface area (Å²) in [6, 6.07) is 5.56. The van der Waals surface area contributed by atoms with E-state index in [1.165, 1.54) is 11.3 Å². The van der Waals surface area contributed by atoms with Crippen molar-refractivity contribution >= 4 is 57.5 Å². The number of nitrogens with one attached hydrogen (secondary N) is 2. The van der Waals surface area contributed by atoms with Gasteiger partial charge in [0.1, 0.15) is 0 Å². The Hall–Kier alpha value is -1.85. The van der Waals surface area contributed by atoms with Crippen molar-refractivity contribution in [2.45, 2.75) is 28.9 Å². The summed E-state index contributed by atoms with van der Waals surface area (Å²) in [4.78, 5) is 32.6. The fourth-order valence-electron chi connectivity index (χ4n) is 4.26. The van der Waals surface area contributed by atoms with Crippen LogP contribution >= 0.6 is 34.7 Å². The standard InChI is InChI=1S/C20H24ClN5O3S2/c1-25-7-6-20(11-25)12-26(15-5-4-13(21)9-14(15)20)19(28)23-18-22-10-17(31-18)30-8-2-3-16(27)24-29/h4-5,9-10,29H,2-3,6-8,11-12H2,1H3,(H,24,27)(H,22,23,28). The third-order valence-corrected chi connectivity index (χ3v) is 8.12. The minimum Gasteiger partial charge on any atom is -0.305 e. The van der Waals surface area contributed by atoms with E-state index in [1.54, 1.807) is 28.3 Å². The zero-order valence-corrected chi connectivity index (χ0v) is 19.4. The van der Waals surface area contributed by atoms with Crippen LogP contribution in [-0.2, 0) is 10.2 Å². The number of fused-ring (bicyclic) bond motifs is 2. The number of anilines is 2. The number of benzene rings is 1. The fraction of sp³-hybridized carbons (Fsp3) is 0.450. The Labute approximate surface area is 193 Å². The second-order valence-corrected chi connectivity index (χ2v) is 10.8. The number of hydrogen-bond donors (Lipinski definition) is 3. The van der Waals surface area contributed by atoms with Crippen LogP contribution in [0.25, 0.3) is 0 Å². The predicted molar refractivity (Wildman–Crippen MR) is 124 cm³/mol. The molecule has 0 aliphatic carbocycles. The van der Waals surface area contributed by atoms with Gasteiger partial charge in [0.15, 0.2) is 5.13 Å². The van der Waals surface area contributed by atoms with Crippen molar-refractivity contribution in [3.63, 3.8) is 0 Å². The molecule has 1 atom stereocenters. The highest BCUT2D eigenvalue weighted by atomic mass is 35.5. The molecule has 166 valence electrons. The smallest absolute Gasteiger partial charge is 0.305 e. The molecule has 2 aromatic rings. The quantitative estimate of drug-likeness (QED) is 0.251. The Morgan fingerprint density at radius 2 is 2.23 bits per heavy atom. The second-order valence-electron chi connectivity index (χ2n) is 7.92. The Bertz CT molecular complexity index is 987. The van der Waals surface area contributed by atoms with E-state index >= 15 is 0 Å². The number of halogens is 1. The van der Waals surface area contributed by atoms with Gasteiger partial charge in [0.05, 0.1) is 10.4 Å². The lowest BCUT2D eigenvalue weighted by Crippen LogP contribution is -2.40. The molecule has 1 aromatic carbocycles. The number of carbonyl (C=O) groups is 2. The van der Waals surface area contributed by atoms with E-state index in [4.69, 9.17) is 16.8 Å². The fourth-order valence-corrected chi connectivity index (χ4v) is 6.31. The molecule has 0 saturated carbocycles. The molecule has 1 spiro atoms. The molecule has 3 amide bonds. The number of thioether (sulfide) groups is 1. The van der Waals surface area contributed by atoms with Crippen LogP contribution in [0.15, 0.2) is 28.6 Å². The maximum atomic E-state index is 13.1. The monoisotopic (exact) mass is 481 g/mol. The topological polar surface area (TPSA) is 97.8 Å². The normalized spacial score (nSPS) is 20.3. The summed E-state index contributed by atoms with van der Waals surface area (Å²) < 4.78 is 0.960. The third-order valence-electron chi connectivity index (χ3n) is 5.69. The predicted octanol–water partition coefficient (Wildman–Crippen LogP) is 3.80. The van der Waals surface area contributed by atoms with Crippen LogP contribution in [0.1, 0.15) is 24.8 Å². The summed E-state index contributed by atoms with van der Waals surface area (Å²) in [5.41, 5.74) is 3.59. The first-order chi connectivity index (χ1) is 14.9. The van der Waals surface area contributed by atoms with Crippen LogP contribution in [0, 0.1) is 0 Å². The number of carbonyl (C=O) groups excluding carboxylic acids is 2. The van der Waals surface area contributed by atoms with Crippen LogP contribution in [0.5, 0.6) is 0 Å². The number of likely N-dealkylation sites (tertiary alicyclic amines) is 1. The van der Waals surface area contributed by atoms with Gasteiger partial charge in [-0.3, -0.25) is 20.2 Å². The van der Waals surface area contributed by atoms with Gasteiger partial charge in [0.2, 0.25) is 5.91 Å². The summed E-state index contributed by atoms with van der Waals surface area (Å²) in [5, 5.41) is 12.7. The number of nitrogens with zero attached hydrogens (tertiary/aromatic N) is 3. The van der Waals surface area contributed by atoms with Crippen molar-refractivity contribution in [1.29, 1.82) is 0 Å². The van der Waals surface area contributed by atoms with E-state index in [1.807, 2.05) is 18.2 Å². The summed E-state index contributed by atoms with van der Waals surface area (Å²) in [7, 11) is 2.10. The first-order valence-corrected chi connectivity index (χ1v) is 12.2. The van der Waals surface area contributed by atoms with Crippen molar-refractivity contribution in [2.24, 2.45) is 0 Å². The summed E-state index contributed by atoms with van der Waals surface area (Å²) in [6.07, 6.45) is 3.62. The second kappa shape index (κ2) is 9.33. The average Bonchev–Trinajstić information content (AvgIpc) is 3.43. The molecule has 1 fully saturated rings. The minimum absolute atomic E-state index is 0.0862. The number of likely N-dealkylation sites (N-methyl/N-ethyl adjacent to an activating group) is 1. The van der Waals surface area contributed by atoms with Gasteiger partial charge in [-0.05, 0) is 55.9 Å². The first-order valence-electron chi connectivity index (χ1n) is 9.99. The highest BCUT2D eigenvalue weighted by Crippen LogP contribution is 2.47. The van der Waals surface area contributed by atoms with Gasteiger partial charge in [-0.2, -0.15) is 0 Å². The molecule has 31 heavy (non-hydrogen) atoms. The lowest BCUT2D eigenvalue weighted by atomic mass is 9.81. The number of rotatable bonds is 6. The molecule has 11 heteroatoms. The molecule has 3 N–H and O–H groups in total. The minimum atomic E-state index is -0.392. The van der Waals surface area contributed by atoms with Crippen LogP contribution in [0.3, 0.4) is 0 Å². The van der Waals surface area contributed by atoms with Crippen molar-refractivity contribution in [1.82, 2.24) is 15.4 Å². The molecule has 2 aliphatic heterocycles. The van der Waals surface area contributed by atoms with Crippen molar-refractivity contribution in [3.8, 4) is 0 Å². The lowest BCUT2D eigenvalue weighted by Gasteiger charge is -2.25. The Morgan fingerprint density at radius 1 is 1.39 bits per heavy atom. The van der Waals surface area contributed by atoms with E-state index < -0.39 is 5.91 Å². The van der Waals surface area contributed by atoms with E-state index in [9.17, 15) is 9.59 Å². The molecular formula is C20H24ClN5O3S2. The van der Waals surface area contributed by atoms with Gasteiger partial charge in [-0.1, -0.05) is 22.9 Å². The van der Waals surface area contributed by atoms with Gasteiger partial charge in [-0.25, -0.2) is 15.3 Å². The highest BCUT2D eigenvalue weighted by Gasteiger charge is 2.48. The molecule has 0 bridgehead atoms. The van der Waals surface area contributed by atoms with Crippen molar-refractivity contribution in [3.05, 3.63) is 35.0 Å². The van der Waals surface area contributed by atoms with Crippen LogP contribution < -0.4 is 15.7 Å². The largest absolute Gasteiger partial charge is 0.328 e. The molecule has 1 unspecified atom stereocenters. The van der Waals surface area contributed by atoms with Gasteiger partial charge in [-0.15, -0.1) is 11.8 Å². The summed E-state index contributed by atoms with van der Waals surface area (Å²) >= 11 is 9.26. The van der Waals surface area contributed by atoms with Gasteiger partial charge < -0.3 is 4.90 Å². The number of amides is 3. The number of hydroxylamine groups is 1. The maximum Gasteiger partial charge on any atom is 0.328 e. The molecule has 4 rings (SSSR count). The Balaban J connectivity index is 1.41. The van der Waals surface area contributed by atoms with E-state index in [2.05, 4.69) is 22.2 Å². The van der Waals surface area contributed by atoms with Gasteiger partial charge >= 0.3 is 6.03 Å². The van der Waals surface area contributed by atoms with Gasteiger partial charge in [0, 0.05) is 35.6 Å². The van der Waals surface area contributed by atoms with Crippen LogP contribution in [0.2, 0.25) is 5.02 Å². The SMILES string of the molecule is CN1CCC2(C1)CN(C(=O)Nc1ncc(SCCCC(=O)NO)s1)c1ccc(Cl)cc12.